The molecule has 0 bridgehead atoms. The number of nitrogens with zero attached hydrogens (tertiary/aromatic N) is 1. The number of hydrogen-bond acceptors (Lipinski definition) is 4. The van der Waals surface area contributed by atoms with Gasteiger partial charge in [0.05, 0.1) is 11.6 Å². The van der Waals surface area contributed by atoms with Gasteiger partial charge in [0.25, 0.3) is 5.91 Å². The molecule has 0 spiro atoms. The van der Waals surface area contributed by atoms with Crippen molar-refractivity contribution in [2.75, 3.05) is 11.9 Å². The number of rotatable bonds is 8. The molecule has 0 aliphatic carbocycles. The van der Waals surface area contributed by atoms with Gasteiger partial charge in [-0.2, -0.15) is 5.26 Å². The smallest absolute Gasteiger partial charge is 0.266 e. The largest absolute Gasteiger partial charge is 0.490 e. The maximum Gasteiger partial charge on any atom is 0.266 e. The van der Waals surface area contributed by atoms with Crippen LogP contribution in [0.25, 0.3) is 6.08 Å². The molecule has 0 radical (unpaired) electrons. The first kappa shape index (κ1) is 24.1. The Morgan fingerprint density at radius 2 is 1.88 bits per heavy atom. The quantitative estimate of drug-likeness (QED) is 0.286. The van der Waals surface area contributed by atoms with E-state index in [0.29, 0.717) is 34.4 Å². The number of hydrogen-bond donors (Lipinski definition) is 1. The molecule has 0 heterocycles. The van der Waals surface area contributed by atoms with Crippen LogP contribution in [0.1, 0.15) is 18.1 Å². The third-order valence-corrected chi connectivity index (χ3v) is 4.90. The molecule has 0 saturated heterocycles. The van der Waals surface area contributed by atoms with Crippen LogP contribution in [0.5, 0.6) is 11.5 Å². The summed E-state index contributed by atoms with van der Waals surface area (Å²) in [7, 11) is 0. The van der Waals surface area contributed by atoms with Crippen molar-refractivity contribution in [2.45, 2.75) is 13.5 Å². The molecule has 168 valence electrons. The second-order valence-electron chi connectivity index (χ2n) is 6.81. The van der Waals surface area contributed by atoms with Crippen molar-refractivity contribution < 1.29 is 18.7 Å². The third-order valence-electron chi connectivity index (χ3n) is 4.38. The molecule has 3 rings (SSSR count). The lowest BCUT2D eigenvalue weighted by atomic mass is 10.1. The molecule has 0 fully saturated rings. The highest BCUT2D eigenvalue weighted by Gasteiger charge is 2.15. The van der Waals surface area contributed by atoms with E-state index < -0.39 is 11.7 Å². The number of nitriles is 1. The van der Waals surface area contributed by atoms with Gasteiger partial charge in [0.2, 0.25) is 0 Å². The Morgan fingerprint density at radius 3 is 2.55 bits per heavy atom. The van der Waals surface area contributed by atoms with Crippen molar-refractivity contribution in [2.24, 2.45) is 0 Å². The zero-order valence-electron chi connectivity index (χ0n) is 17.6. The van der Waals surface area contributed by atoms with Crippen molar-refractivity contribution in [3.05, 3.63) is 93.2 Å². The van der Waals surface area contributed by atoms with Gasteiger partial charge < -0.3 is 14.8 Å². The van der Waals surface area contributed by atoms with Gasteiger partial charge in [0.1, 0.15) is 24.1 Å². The standard InChI is InChI=1S/C25H19Cl2FN2O3/c1-2-32-23-13-17(10-18(14-29)25(31)30-21-8-6-20(28)7-9-21)12-22(27)24(23)33-15-16-4-3-5-19(26)11-16/h3-13H,2,15H2,1H3,(H,30,31)/b18-10+. The Hall–Kier alpha value is -3.53. The van der Waals surface area contributed by atoms with E-state index in [-0.39, 0.29) is 17.2 Å². The number of carbonyl (C=O) groups is 1. The van der Waals surface area contributed by atoms with E-state index in [1.165, 1.54) is 30.3 Å². The molecule has 0 aliphatic heterocycles. The fourth-order valence-corrected chi connectivity index (χ4v) is 3.39. The molecule has 8 heteroatoms. The number of amides is 1. The monoisotopic (exact) mass is 484 g/mol. The SMILES string of the molecule is CCOc1cc(/C=C(\C#N)C(=O)Nc2ccc(F)cc2)cc(Cl)c1OCc1cccc(Cl)c1. The summed E-state index contributed by atoms with van der Waals surface area (Å²) in [6, 6.07) is 17.5. The van der Waals surface area contributed by atoms with E-state index in [1.807, 2.05) is 25.1 Å². The van der Waals surface area contributed by atoms with Gasteiger partial charge in [-0.1, -0.05) is 35.3 Å². The van der Waals surface area contributed by atoms with E-state index in [9.17, 15) is 14.4 Å². The Balaban J connectivity index is 1.84. The van der Waals surface area contributed by atoms with Gasteiger partial charge in [0, 0.05) is 10.7 Å². The second-order valence-corrected chi connectivity index (χ2v) is 7.66. The van der Waals surface area contributed by atoms with Crippen LogP contribution in [-0.4, -0.2) is 12.5 Å². The fraction of sp³-hybridized carbons (Fsp3) is 0.120. The number of anilines is 1. The van der Waals surface area contributed by atoms with Crippen molar-refractivity contribution in [3.8, 4) is 17.6 Å². The molecule has 0 aliphatic rings. The lowest BCUT2D eigenvalue weighted by Crippen LogP contribution is -2.13. The fourth-order valence-electron chi connectivity index (χ4n) is 2.90. The Labute approximate surface area is 201 Å². The Kier molecular flexibility index (Phi) is 8.31. The van der Waals surface area contributed by atoms with E-state index in [4.69, 9.17) is 32.7 Å². The molecule has 0 saturated carbocycles. The van der Waals surface area contributed by atoms with Crippen molar-refractivity contribution in [1.29, 1.82) is 5.26 Å². The average molecular weight is 485 g/mol. The summed E-state index contributed by atoms with van der Waals surface area (Å²) in [5.74, 6) is -0.362. The van der Waals surface area contributed by atoms with Crippen LogP contribution in [-0.2, 0) is 11.4 Å². The van der Waals surface area contributed by atoms with Crippen LogP contribution in [0, 0.1) is 17.1 Å². The van der Waals surface area contributed by atoms with Crippen molar-refractivity contribution in [1.82, 2.24) is 0 Å². The number of carbonyl (C=O) groups excluding carboxylic acids is 1. The third kappa shape index (κ3) is 6.72. The first-order valence-corrected chi connectivity index (χ1v) is 10.7. The number of halogens is 3. The molecule has 5 nitrogen and oxygen atoms in total. The minimum atomic E-state index is -0.639. The second kappa shape index (κ2) is 11.4. The van der Waals surface area contributed by atoms with Crippen molar-refractivity contribution >= 4 is 40.9 Å². The van der Waals surface area contributed by atoms with Gasteiger partial charge in [-0.15, -0.1) is 0 Å². The normalized spacial score (nSPS) is 10.9. The van der Waals surface area contributed by atoms with Crippen LogP contribution in [0.15, 0.2) is 66.2 Å². The van der Waals surface area contributed by atoms with E-state index in [2.05, 4.69) is 5.32 Å². The van der Waals surface area contributed by atoms with Crippen molar-refractivity contribution in [3.63, 3.8) is 0 Å². The molecule has 1 amide bonds. The highest BCUT2D eigenvalue weighted by Crippen LogP contribution is 2.38. The van der Waals surface area contributed by atoms with E-state index in [1.54, 1.807) is 24.3 Å². The molecule has 1 N–H and O–H groups in total. The zero-order chi connectivity index (χ0) is 23.8. The highest BCUT2D eigenvalue weighted by atomic mass is 35.5. The van der Waals surface area contributed by atoms with E-state index in [0.717, 1.165) is 5.56 Å². The van der Waals surface area contributed by atoms with Gasteiger partial charge in [0.15, 0.2) is 11.5 Å². The zero-order valence-corrected chi connectivity index (χ0v) is 19.1. The summed E-state index contributed by atoms with van der Waals surface area (Å²) >= 11 is 12.5. The van der Waals surface area contributed by atoms with Gasteiger partial charge >= 0.3 is 0 Å². The molecule has 3 aromatic carbocycles. The summed E-state index contributed by atoms with van der Waals surface area (Å²) in [6.45, 7) is 2.39. The molecule has 33 heavy (non-hydrogen) atoms. The first-order valence-electron chi connectivity index (χ1n) is 9.92. The van der Waals surface area contributed by atoms with Gasteiger partial charge in [-0.05, 0) is 72.7 Å². The summed E-state index contributed by atoms with van der Waals surface area (Å²) in [4.78, 5) is 12.5. The summed E-state index contributed by atoms with van der Waals surface area (Å²) < 4.78 is 24.6. The molecule has 0 unspecified atom stereocenters. The predicted octanol–water partition coefficient (Wildman–Crippen LogP) is 6.66. The van der Waals surface area contributed by atoms with Crippen LogP contribution < -0.4 is 14.8 Å². The Morgan fingerprint density at radius 1 is 1.12 bits per heavy atom. The van der Waals surface area contributed by atoms with Crippen LogP contribution in [0.2, 0.25) is 10.0 Å². The maximum absolute atomic E-state index is 13.1. The summed E-state index contributed by atoms with van der Waals surface area (Å²) in [6.07, 6.45) is 1.38. The predicted molar refractivity (Wildman–Crippen MR) is 127 cm³/mol. The lowest BCUT2D eigenvalue weighted by Gasteiger charge is -2.15. The first-order chi connectivity index (χ1) is 15.9. The Bertz CT molecular complexity index is 1220. The lowest BCUT2D eigenvalue weighted by molar-refractivity contribution is -0.112. The average Bonchev–Trinajstić information content (AvgIpc) is 2.78. The highest BCUT2D eigenvalue weighted by molar-refractivity contribution is 6.32. The number of nitrogens with one attached hydrogen (secondary N) is 1. The molecular formula is C25H19Cl2FN2O3. The number of benzene rings is 3. The number of ether oxygens (including phenoxy) is 2. The molecule has 3 aromatic rings. The summed E-state index contributed by atoms with van der Waals surface area (Å²) in [5.41, 5.74) is 1.53. The van der Waals surface area contributed by atoms with Gasteiger partial charge in [-0.25, -0.2) is 4.39 Å². The minimum absolute atomic E-state index is 0.162. The van der Waals surface area contributed by atoms with Crippen LogP contribution >= 0.6 is 23.2 Å². The van der Waals surface area contributed by atoms with Crippen LogP contribution in [0.3, 0.4) is 0 Å². The minimum Gasteiger partial charge on any atom is -0.490 e. The summed E-state index contributed by atoms with van der Waals surface area (Å²) in [5, 5.41) is 12.9. The molecular weight excluding hydrogens is 466 g/mol. The van der Waals surface area contributed by atoms with Gasteiger partial charge in [-0.3, -0.25) is 4.79 Å². The molecule has 0 aromatic heterocycles. The van der Waals surface area contributed by atoms with Crippen LogP contribution in [0.4, 0.5) is 10.1 Å². The molecule has 0 atom stereocenters. The van der Waals surface area contributed by atoms with E-state index >= 15 is 0 Å². The maximum atomic E-state index is 13.1. The topological polar surface area (TPSA) is 71.3 Å².